The molecule has 1 N–H and O–H groups in total. The van der Waals surface area contributed by atoms with E-state index in [1.165, 1.54) is 12.1 Å². The summed E-state index contributed by atoms with van der Waals surface area (Å²) in [6.07, 6.45) is 3.52. The predicted octanol–water partition coefficient (Wildman–Crippen LogP) is 3.59. The lowest BCUT2D eigenvalue weighted by molar-refractivity contribution is -0.121. The maximum Gasteiger partial charge on any atom is 0.226 e. The second-order valence-electron chi connectivity index (χ2n) is 6.58. The van der Waals surface area contributed by atoms with E-state index in [1.54, 1.807) is 12.1 Å². The quantitative estimate of drug-likeness (QED) is 0.862. The Morgan fingerprint density at radius 2 is 1.88 bits per heavy atom. The standard InChI is InChI=1S/C21H23FN2O2/c22-18-10-7-16(8-11-18)9-12-20(25)23-15-17-4-3-5-19(14-17)24-13-2-1-6-21(24)26/h3-5,7-8,10-11,14H,1-2,6,9,12-13,15H2,(H,23,25). The van der Waals surface area contributed by atoms with Gasteiger partial charge in [0, 0.05) is 31.6 Å². The molecule has 1 aliphatic rings. The van der Waals surface area contributed by atoms with E-state index in [9.17, 15) is 14.0 Å². The summed E-state index contributed by atoms with van der Waals surface area (Å²) >= 11 is 0. The first-order valence-corrected chi connectivity index (χ1v) is 9.02. The van der Waals surface area contributed by atoms with E-state index < -0.39 is 0 Å². The number of hydrogen-bond acceptors (Lipinski definition) is 2. The van der Waals surface area contributed by atoms with Gasteiger partial charge >= 0.3 is 0 Å². The summed E-state index contributed by atoms with van der Waals surface area (Å²) < 4.78 is 12.9. The number of rotatable bonds is 6. The molecule has 0 radical (unpaired) electrons. The van der Waals surface area contributed by atoms with Crippen molar-refractivity contribution in [3.8, 4) is 0 Å². The van der Waals surface area contributed by atoms with E-state index in [1.807, 2.05) is 29.2 Å². The van der Waals surface area contributed by atoms with E-state index in [4.69, 9.17) is 0 Å². The van der Waals surface area contributed by atoms with Gasteiger partial charge in [-0.25, -0.2) is 4.39 Å². The molecule has 0 aliphatic carbocycles. The van der Waals surface area contributed by atoms with Crippen LogP contribution in [-0.4, -0.2) is 18.4 Å². The highest BCUT2D eigenvalue weighted by Gasteiger charge is 2.19. The van der Waals surface area contributed by atoms with Crippen LogP contribution in [0.5, 0.6) is 0 Å². The van der Waals surface area contributed by atoms with Crippen LogP contribution >= 0.6 is 0 Å². The number of halogens is 1. The van der Waals surface area contributed by atoms with Crippen molar-refractivity contribution in [2.45, 2.75) is 38.6 Å². The third-order valence-corrected chi connectivity index (χ3v) is 4.59. The smallest absolute Gasteiger partial charge is 0.226 e. The van der Waals surface area contributed by atoms with Crippen LogP contribution in [0.25, 0.3) is 0 Å². The number of aryl methyl sites for hydroxylation is 1. The second kappa shape index (κ2) is 8.61. The lowest BCUT2D eigenvalue weighted by Crippen LogP contribution is -2.35. The maximum atomic E-state index is 12.9. The largest absolute Gasteiger partial charge is 0.352 e. The second-order valence-corrected chi connectivity index (χ2v) is 6.58. The molecule has 26 heavy (non-hydrogen) atoms. The minimum atomic E-state index is -0.273. The SMILES string of the molecule is O=C(CCc1ccc(F)cc1)NCc1cccc(N2CCCCC2=O)c1. The number of amides is 2. The normalized spacial score (nSPS) is 14.3. The highest BCUT2D eigenvalue weighted by Crippen LogP contribution is 2.21. The molecule has 2 aromatic carbocycles. The van der Waals surface area contributed by atoms with Crippen LogP contribution < -0.4 is 10.2 Å². The summed E-state index contributed by atoms with van der Waals surface area (Å²) in [5, 5.41) is 2.91. The zero-order valence-electron chi connectivity index (χ0n) is 14.7. The lowest BCUT2D eigenvalue weighted by Gasteiger charge is -2.27. The number of benzene rings is 2. The van der Waals surface area contributed by atoms with E-state index in [0.29, 0.717) is 25.8 Å². The molecule has 0 saturated carbocycles. The number of carbonyl (C=O) groups excluding carboxylic acids is 2. The first-order chi connectivity index (χ1) is 12.6. The zero-order valence-corrected chi connectivity index (χ0v) is 14.7. The molecule has 2 aromatic rings. The molecule has 1 fully saturated rings. The van der Waals surface area contributed by atoms with Crippen molar-refractivity contribution < 1.29 is 14.0 Å². The average Bonchev–Trinajstić information content (AvgIpc) is 2.66. The maximum absolute atomic E-state index is 12.9. The Morgan fingerprint density at radius 1 is 1.08 bits per heavy atom. The molecule has 4 nitrogen and oxygen atoms in total. The van der Waals surface area contributed by atoms with Crippen molar-refractivity contribution in [2.75, 3.05) is 11.4 Å². The molecule has 1 heterocycles. The molecule has 0 unspecified atom stereocenters. The van der Waals surface area contributed by atoms with Gasteiger partial charge in [0.2, 0.25) is 11.8 Å². The minimum Gasteiger partial charge on any atom is -0.352 e. The zero-order chi connectivity index (χ0) is 18.4. The predicted molar refractivity (Wildman–Crippen MR) is 99.2 cm³/mol. The van der Waals surface area contributed by atoms with Crippen LogP contribution in [0.15, 0.2) is 48.5 Å². The van der Waals surface area contributed by atoms with E-state index >= 15 is 0 Å². The summed E-state index contributed by atoms with van der Waals surface area (Å²) in [5.41, 5.74) is 2.80. The van der Waals surface area contributed by atoms with Crippen molar-refractivity contribution >= 4 is 17.5 Å². The number of hydrogen-bond donors (Lipinski definition) is 1. The first-order valence-electron chi connectivity index (χ1n) is 9.02. The molecule has 1 aliphatic heterocycles. The summed E-state index contributed by atoms with van der Waals surface area (Å²) in [4.78, 5) is 25.9. The van der Waals surface area contributed by atoms with Crippen molar-refractivity contribution in [1.29, 1.82) is 0 Å². The fourth-order valence-electron chi connectivity index (χ4n) is 3.11. The summed E-state index contributed by atoms with van der Waals surface area (Å²) in [7, 11) is 0. The molecule has 0 aromatic heterocycles. The van der Waals surface area contributed by atoms with Gasteiger partial charge in [-0.15, -0.1) is 0 Å². The minimum absolute atomic E-state index is 0.0474. The molecule has 5 heteroatoms. The Bertz CT molecular complexity index is 774. The Labute approximate surface area is 153 Å². The van der Waals surface area contributed by atoms with Crippen molar-refractivity contribution in [1.82, 2.24) is 5.32 Å². The Hall–Kier alpha value is -2.69. The van der Waals surface area contributed by atoms with Crippen LogP contribution in [0.1, 0.15) is 36.8 Å². The Kier molecular flexibility index (Phi) is 6.00. The molecule has 2 amide bonds. The van der Waals surface area contributed by atoms with Crippen LogP contribution in [0, 0.1) is 5.82 Å². The molecule has 3 rings (SSSR count). The fraction of sp³-hybridized carbons (Fsp3) is 0.333. The van der Waals surface area contributed by atoms with E-state index in [2.05, 4.69) is 5.32 Å². The molecule has 0 bridgehead atoms. The van der Waals surface area contributed by atoms with Crippen molar-refractivity contribution in [3.05, 3.63) is 65.5 Å². The average molecular weight is 354 g/mol. The van der Waals surface area contributed by atoms with Gasteiger partial charge in [0.1, 0.15) is 5.82 Å². The number of piperidine rings is 1. The van der Waals surface area contributed by atoms with Crippen LogP contribution in [0.4, 0.5) is 10.1 Å². The molecule has 136 valence electrons. The number of carbonyl (C=O) groups is 2. The van der Waals surface area contributed by atoms with Gasteiger partial charge in [-0.05, 0) is 54.7 Å². The summed E-state index contributed by atoms with van der Waals surface area (Å²) in [6.45, 7) is 1.18. The monoisotopic (exact) mass is 354 g/mol. The van der Waals surface area contributed by atoms with Gasteiger partial charge in [0.25, 0.3) is 0 Å². The van der Waals surface area contributed by atoms with E-state index in [-0.39, 0.29) is 17.6 Å². The molecule has 1 saturated heterocycles. The number of nitrogens with zero attached hydrogens (tertiary/aromatic N) is 1. The van der Waals surface area contributed by atoms with E-state index in [0.717, 1.165) is 36.2 Å². The molecule has 0 atom stereocenters. The van der Waals surface area contributed by atoms with Gasteiger partial charge in [0.05, 0.1) is 0 Å². The summed E-state index contributed by atoms with van der Waals surface area (Å²) in [6, 6.07) is 14.0. The summed E-state index contributed by atoms with van der Waals surface area (Å²) in [5.74, 6) is -0.157. The van der Waals surface area contributed by atoms with Gasteiger partial charge < -0.3 is 10.2 Å². The van der Waals surface area contributed by atoms with Crippen LogP contribution in [-0.2, 0) is 22.6 Å². The fourth-order valence-corrected chi connectivity index (χ4v) is 3.11. The Morgan fingerprint density at radius 3 is 2.65 bits per heavy atom. The van der Waals surface area contributed by atoms with Crippen molar-refractivity contribution in [3.63, 3.8) is 0 Å². The van der Waals surface area contributed by atoms with Crippen LogP contribution in [0.3, 0.4) is 0 Å². The number of anilines is 1. The first kappa shape index (κ1) is 18.1. The Balaban J connectivity index is 1.51. The van der Waals surface area contributed by atoms with Gasteiger partial charge in [-0.2, -0.15) is 0 Å². The van der Waals surface area contributed by atoms with Gasteiger partial charge in [-0.3, -0.25) is 9.59 Å². The van der Waals surface area contributed by atoms with Gasteiger partial charge in [0.15, 0.2) is 0 Å². The third kappa shape index (κ3) is 4.91. The lowest BCUT2D eigenvalue weighted by atomic mass is 10.1. The molecule has 0 spiro atoms. The highest BCUT2D eigenvalue weighted by atomic mass is 19.1. The molecular weight excluding hydrogens is 331 g/mol. The van der Waals surface area contributed by atoms with Gasteiger partial charge in [-0.1, -0.05) is 24.3 Å². The van der Waals surface area contributed by atoms with Crippen molar-refractivity contribution in [2.24, 2.45) is 0 Å². The highest BCUT2D eigenvalue weighted by molar-refractivity contribution is 5.94. The molecular formula is C21H23FN2O2. The van der Waals surface area contributed by atoms with Crippen LogP contribution in [0.2, 0.25) is 0 Å². The number of nitrogens with one attached hydrogen (secondary N) is 1. The topological polar surface area (TPSA) is 49.4 Å². The third-order valence-electron chi connectivity index (χ3n) is 4.59.